The molecule has 0 radical (unpaired) electrons. The Morgan fingerprint density at radius 2 is 1.65 bits per heavy atom. The number of Topliss-reactive ketones (excluding diaryl/α,β-unsaturated/α-hetero) is 1. The third-order valence-corrected chi connectivity index (χ3v) is 3.86. The van der Waals surface area contributed by atoms with Gasteiger partial charge in [0.15, 0.2) is 11.5 Å². The Kier molecular flexibility index (Phi) is 5.44. The van der Waals surface area contributed by atoms with E-state index in [4.69, 9.17) is 9.47 Å². The molecule has 5 heteroatoms. The highest BCUT2D eigenvalue weighted by atomic mass is 79.9. The van der Waals surface area contributed by atoms with E-state index in [1.54, 1.807) is 12.1 Å². The molecular formula is C18H20BrNO3. The van der Waals surface area contributed by atoms with Gasteiger partial charge in [-0.05, 0) is 30.3 Å². The van der Waals surface area contributed by atoms with Gasteiger partial charge in [-0.15, -0.1) is 0 Å². The molecule has 1 heterocycles. The summed E-state index contributed by atoms with van der Waals surface area (Å²) in [5, 5.41) is 0. The summed E-state index contributed by atoms with van der Waals surface area (Å²) in [5.41, 5.74) is 1.76. The smallest absolute Gasteiger partial charge is 0.217 e. The molecular weight excluding hydrogens is 358 g/mol. The van der Waals surface area contributed by atoms with Gasteiger partial charge in [0.05, 0.1) is 14.1 Å². The minimum atomic E-state index is 0. The van der Waals surface area contributed by atoms with E-state index in [-0.39, 0.29) is 22.8 Å². The quantitative estimate of drug-likeness (QED) is 0.551. The van der Waals surface area contributed by atoms with Gasteiger partial charge in [0, 0.05) is 5.56 Å². The summed E-state index contributed by atoms with van der Waals surface area (Å²) in [5.74, 6) is 1.45. The molecule has 0 saturated carbocycles. The van der Waals surface area contributed by atoms with Crippen LogP contribution in [0.1, 0.15) is 10.4 Å². The van der Waals surface area contributed by atoms with Crippen LogP contribution < -0.4 is 30.9 Å². The molecule has 0 aromatic heterocycles. The van der Waals surface area contributed by atoms with Gasteiger partial charge in [0.1, 0.15) is 25.4 Å². The minimum absolute atomic E-state index is 0. The van der Waals surface area contributed by atoms with Crippen LogP contribution in [0.15, 0.2) is 48.5 Å². The van der Waals surface area contributed by atoms with Crippen molar-refractivity contribution in [1.29, 1.82) is 0 Å². The molecule has 3 rings (SSSR count). The zero-order chi connectivity index (χ0) is 15.6. The van der Waals surface area contributed by atoms with Crippen LogP contribution in [0.5, 0.6) is 11.5 Å². The first kappa shape index (κ1) is 17.5. The highest BCUT2D eigenvalue weighted by Crippen LogP contribution is 2.31. The summed E-state index contributed by atoms with van der Waals surface area (Å²) < 4.78 is 11.5. The van der Waals surface area contributed by atoms with Crippen molar-refractivity contribution < 1.29 is 31.2 Å². The first-order chi connectivity index (χ1) is 10.6. The fraction of sp³-hybridized carbons (Fsp3) is 0.278. The Balaban J connectivity index is 0.00000192. The molecule has 0 unspecified atom stereocenters. The molecule has 0 bridgehead atoms. The van der Waals surface area contributed by atoms with Crippen molar-refractivity contribution >= 4 is 11.5 Å². The number of likely N-dealkylation sites (N-methyl/N-ethyl adjacent to an activating group) is 1. The Bertz CT molecular complexity index is 686. The first-order valence-electron chi connectivity index (χ1n) is 7.38. The predicted molar refractivity (Wildman–Crippen MR) is 86.7 cm³/mol. The molecule has 4 nitrogen and oxygen atoms in total. The second kappa shape index (κ2) is 7.15. The number of para-hydroxylation sites is 1. The number of carbonyl (C=O) groups is 1. The monoisotopic (exact) mass is 377 g/mol. The molecule has 23 heavy (non-hydrogen) atoms. The van der Waals surface area contributed by atoms with Crippen molar-refractivity contribution in [1.82, 2.24) is 4.48 Å². The summed E-state index contributed by atoms with van der Waals surface area (Å²) in [6.45, 7) is 1.47. The maximum absolute atomic E-state index is 12.6. The predicted octanol–water partition coefficient (Wildman–Crippen LogP) is -0.0884. The van der Waals surface area contributed by atoms with E-state index in [2.05, 4.69) is 0 Å². The number of rotatable bonds is 4. The Morgan fingerprint density at radius 1 is 1.00 bits per heavy atom. The lowest BCUT2D eigenvalue weighted by molar-refractivity contribution is -0.0000136. The van der Waals surface area contributed by atoms with Crippen molar-refractivity contribution in [2.24, 2.45) is 0 Å². The van der Waals surface area contributed by atoms with Gasteiger partial charge in [-0.25, -0.2) is 0 Å². The number of hydrogen-bond acceptors (Lipinski definition) is 3. The van der Waals surface area contributed by atoms with Gasteiger partial charge in [-0.1, -0.05) is 18.2 Å². The summed E-state index contributed by atoms with van der Waals surface area (Å²) in [4.78, 5) is 12.6. The first-order valence-corrected chi connectivity index (χ1v) is 7.38. The fourth-order valence-electron chi connectivity index (χ4n) is 2.59. The Hall–Kier alpha value is -1.85. The molecule has 0 aliphatic carbocycles. The van der Waals surface area contributed by atoms with Gasteiger partial charge in [0.2, 0.25) is 5.78 Å². The largest absolute Gasteiger partial charge is 1.00 e. The number of benzene rings is 2. The molecule has 0 atom stereocenters. The summed E-state index contributed by atoms with van der Waals surface area (Å²) in [6, 6.07) is 15.4. The van der Waals surface area contributed by atoms with Crippen molar-refractivity contribution in [3.63, 3.8) is 0 Å². The van der Waals surface area contributed by atoms with E-state index < -0.39 is 0 Å². The van der Waals surface area contributed by atoms with Gasteiger partial charge >= 0.3 is 0 Å². The van der Waals surface area contributed by atoms with Crippen LogP contribution >= 0.6 is 0 Å². The number of ketones is 1. The second-order valence-electron chi connectivity index (χ2n) is 5.96. The average Bonchev–Trinajstić information content (AvgIpc) is 2.55. The van der Waals surface area contributed by atoms with Crippen LogP contribution in [0, 0.1) is 0 Å². The lowest BCUT2D eigenvalue weighted by Crippen LogP contribution is -3.00. The molecule has 1 aliphatic heterocycles. The molecule has 1 aliphatic rings. The van der Waals surface area contributed by atoms with E-state index in [0.717, 1.165) is 5.69 Å². The van der Waals surface area contributed by atoms with Gasteiger partial charge < -0.3 is 26.5 Å². The summed E-state index contributed by atoms with van der Waals surface area (Å²) in [6.07, 6.45) is 0. The van der Waals surface area contributed by atoms with Gasteiger partial charge in [-0.3, -0.25) is 9.28 Å². The normalized spacial score (nSPS) is 13.1. The number of carbonyl (C=O) groups excluding carboxylic acids is 1. The molecule has 2 aromatic carbocycles. The molecule has 0 saturated heterocycles. The zero-order valence-corrected chi connectivity index (χ0v) is 14.9. The Labute approximate surface area is 147 Å². The number of nitrogens with zero attached hydrogens (tertiary/aromatic N) is 1. The van der Waals surface area contributed by atoms with Crippen LogP contribution in [0.2, 0.25) is 0 Å². The average molecular weight is 378 g/mol. The van der Waals surface area contributed by atoms with Crippen molar-refractivity contribution in [3.05, 3.63) is 54.1 Å². The van der Waals surface area contributed by atoms with Crippen molar-refractivity contribution in [3.8, 4) is 11.5 Å². The molecule has 0 N–H and O–H groups in total. The van der Waals surface area contributed by atoms with Gasteiger partial charge in [-0.2, -0.15) is 0 Å². The standard InChI is InChI=1S/C18H20NO3.BrH/c1-19(2,15-6-4-3-5-7-15)13-16(20)14-8-9-17-18(12-14)22-11-10-21-17;/h3-9,12H,10-11,13H2,1-2H3;1H/q+1;/p-1. The van der Waals surface area contributed by atoms with Crippen molar-refractivity contribution in [2.75, 3.05) is 33.9 Å². The third kappa shape index (κ3) is 3.92. The number of hydrogen-bond donors (Lipinski definition) is 0. The number of fused-ring (bicyclic) bond motifs is 1. The fourth-order valence-corrected chi connectivity index (χ4v) is 2.59. The Morgan fingerprint density at radius 3 is 2.35 bits per heavy atom. The highest BCUT2D eigenvalue weighted by molar-refractivity contribution is 5.99. The molecule has 0 fully saturated rings. The van der Waals surface area contributed by atoms with E-state index in [1.165, 1.54) is 0 Å². The van der Waals surface area contributed by atoms with Crippen LogP contribution in [0.25, 0.3) is 0 Å². The minimum Gasteiger partial charge on any atom is -1.00 e. The molecule has 122 valence electrons. The topological polar surface area (TPSA) is 35.5 Å². The summed E-state index contributed by atoms with van der Waals surface area (Å²) in [7, 11) is 4.07. The van der Waals surface area contributed by atoms with Crippen LogP contribution in [-0.4, -0.2) is 39.6 Å². The number of ether oxygens (including phenoxy) is 2. The van der Waals surface area contributed by atoms with Crippen LogP contribution in [0.3, 0.4) is 0 Å². The van der Waals surface area contributed by atoms with Crippen molar-refractivity contribution in [2.45, 2.75) is 0 Å². The van der Waals surface area contributed by atoms with E-state index >= 15 is 0 Å². The molecule has 0 amide bonds. The van der Waals surface area contributed by atoms with E-state index in [9.17, 15) is 4.79 Å². The van der Waals surface area contributed by atoms with Crippen LogP contribution in [0.4, 0.5) is 5.69 Å². The molecule has 0 spiro atoms. The SMILES string of the molecule is C[N+](C)(CC(=O)c1ccc2c(c1)OCCO2)c1ccccc1.[Br-]. The maximum Gasteiger partial charge on any atom is 0.217 e. The lowest BCUT2D eigenvalue weighted by Gasteiger charge is -2.28. The maximum atomic E-state index is 12.6. The zero-order valence-electron chi connectivity index (χ0n) is 13.3. The summed E-state index contributed by atoms with van der Waals surface area (Å²) >= 11 is 0. The highest BCUT2D eigenvalue weighted by Gasteiger charge is 2.24. The molecule has 2 aromatic rings. The second-order valence-corrected chi connectivity index (χ2v) is 5.96. The lowest BCUT2D eigenvalue weighted by atomic mass is 10.1. The third-order valence-electron chi connectivity index (χ3n) is 3.86. The number of quaternary nitrogens is 1. The van der Waals surface area contributed by atoms with Gasteiger partial charge in [0.25, 0.3) is 0 Å². The van der Waals surface area contributed by atoms with E-state index in [0.29, 0.717) is 41.3 Å². The number of halogens is 1. The van der Waals surface area contributed by atoms with Crippen LogP contribution in [-0.2, 0) is 0 Å². The van der Waals surface area contributed by atoms with E-state index in [1.807, 2.05) is 50.5 Å².